The highest BCUT2D eigenvalue weighted by Crippen LogP contribution is 2.24. The molecule has 3 aliphatic rings. The van der Waals surface area contributed by atoms with Gasteiger partial charge >= 0.3 is 0 Å². The molecule has 3 fully saturated rings. The van der Waals surface area contributed by atoms with E-state index in [4.69, 9.17) is 0 Å². The van der Waals surface area contributed by atoms with Crippen LogP contribution in [0.4, 0.5) is 0 Å². The highest BCUT2D eigenvalue weighted by atomic mass is 32.2. The lowest BCUT2D eigenvalue weighted by atomic mass is 10.2. The molecule has 0 aromatic heterocycles. The number of nitrogens with zero attached hydrogens (tertiary/aromatic N) is 4. The van der Waals surface area contributed by atoms with E-state index >= 15 is 0 Å². The number of hydrogen-bond donors (Lipinski definition) is 0. The smallest absolute Gasteiger partial charge is 0.253 e. The largest absolute Gasteiger partial charge is 0.340 e. The Labute approximate surface area is 178 Å². The molecule has 0 bridgehead atoms. The fraction of sp³-hybridized carbons (Fsp3) is 0.619. The molecule has 9 heteroatoms. The molecule has 0 spiro atoms. The average molecular weight is 435 g/mol. The van der Waals surface area contributed by atoms with Crippen LogP contribution in [-0.2, 0) is 14.8 Å². The molecule has 3 heterocycles. The molecule has 0 saturated carbocycles. The van der Waals surface area contributed by atoms with Crippen molar-refractivity contribution in [3.05, 3.63) is 29.8 Å². The lowest BCUT2D eigenvalue weighted by Gasteiger charge is -2.33. The quantitative estimate of drug-likeness (QED) is 0.702. The number of benzene rings is 1. The molecule has 164 valence electrons. The van der Waals surface area contributed by atoms with E-state index in [1.165, 1.54) is 30.1 Å². The van der Waals surface area contributed by atoms with Gasteiger partial charge in [-0.2, -0.15) is 4.31 Å². The predicted molar refractivity (Wildman–Crippen MR) is 113 cm³/mol. The van der Waals surface area contributed by atoms with Gasteiger partial charge in [0.15, 0.2) is 0 Å². The molecule has 1 aromatic rings. The molecular formula is C21H30N4O4S. The van der Waals surface area contributed by atoms with Crippen molar-refractivity contribution in [3.8, 4) is 0 Å². The maximum absolute atomic E-state index is 13.1. The molecule has 0 radical (unpaired) electrons. The minimum Gasteiger partial charge on any atom is -0.340 e. The van der Waals surface area contributed by atoms with E-state index < -0.39 is 10.0 Å². The van der Waals surface area contributed by atoms with E-state index in [0.717, 1.165) is 19.5 Å². The molecule has 3 saturated heterocycles. The van der Waals surface area contributed by atoms with Gasteiger partial charge in [-0.25, -0.2) is 8.42 Å². The Morgan fingerprint density at radius 3 is 2.30 bits per heavy atom. The first-order valence-corrected chi connectivity index (χ1v) is 12.2. The van der Waals surface area contributed by atoms with E-state index in [1.54, 1.807) is 23.1 Å². The van der Waals surface area contributed by atoms with Crippen molar-refractivity contribution in [2.45, 2.75) is 37.1 Å². The van der Waals surface area contributed by atoms with Crippen LogP contribution < -0.4 is 0 Å². The number of amides is 2. The first kappa shape index (κ1) is 21.3. The van der Waals surface area contributed by atoms with Crippen molar-refractivity contribution < 1.29 is 18.0 Å². The molecule has 1 atom stereocenters. The number of rotatable bonds is 4. The third-order valence-corrected chi connectivity index (χ3v) is 8.41. The summed E-state index contributed by atoms with van der Waals surface area (Å²) in [5.74, 6) is -0.146. The minimum atomic E-state index is -3.70. The predicted octanol–water partition coefficient (Wildman–Crippen LogP) is 0.850. The second kappa shape index (κ2) is 8.64. The minimum absolute atomic E-state index is 0.0440. The van der Waals surface area contributed by atoms with E-state index in [0.29, 0.717) is 37.8 Å². The summed E-state index contributed by atoms with van der Waals surface area (Å²) in [6.45, 7) is 6.44. The maximum atomic E-state index is 13.1. The summed E-state index contributed by atoms with van der Waals surface area (Å²) in [7, 11) is -3.70. The van der Waals surface area contributed by atoms with Crippen LogP contribution in [0.2, 0.25) is 0 Å². The van der Waals surface area contributed by atoms with Crippen molar-refractivity contribution in [1.82, 2.24) is 19.0 Å². The van der Waals surface area contributed by atoms with Crippen molar-refractivity contribution in [3.63, 3.8) is 0 Å². The zero-order chi connectivity index (χ0) is 21.3. The molecule has 1 unspecified atom stereocenters. The highest BCUT2D eigenvalue weighted by Gasteiger charge is 2.33. The number of likely N-dealkylation sites (tertiary alicyclic amines) is 2. The van der Waals surface area contributed by atoms with Crippen LogP contribution in [0.1, 0.15) is 36.5 Å². The normalized spacial score (nSPS) is 23.8. The summed E-state index contributed by atoms with van der Waals surface area (Å²) < 4.78 is 27.6. The first-order chi connectivity index (χ1) is 14.4. The summed E-state index contributed by atoms with van der Waals surface area (Å²) in [5.41, 5.74) is 0.417. The Balaban J connectivity index is 1.44. The summed E-state index contributed by atoms with van der Waals surface area (Å²) in [5, 5.41) is 0. The van der Waals surface area contributed by atoms with Gasteiger partial charge in [0.2, 0.25) is 15.9 Å². The molecule has 2 amide bonds. The first-order valence-electron chi connectivity index (χ1n) is 10.8. The molecule has 1 aromatic carbocycles. The van der Waals surface area contributed by atoms with Crippen LogP contribution in [0, 0.1) is 0 Å². The average Bonchev–Trinajstić information content (AvgIpc) is 3.45. The second-order valence-electron chi connectivity index (χ2n) is 8.37. The van der Waals surface area contributed by atoms with E-state index in [1.807, 2.05) is 4.90 Å². The topological polar surface area (TPSA) is 81.2 Å². The van der Waals surface area contributed by atoms with E-state index in [9.17, 15) is 18.0 Å². The van der Waals surface area contributed by atoms with E-state index in [2.05, 4.69) is 4.90 Å². The highest BCUT2D eigenvalue weighted by molar-refractivity contribution is 7.89. The summed E-state index contributed by atoms with van der Waals surface area (Å²) >= 11 is 0. The second-order valence-corrected chi connectivity index (χ2v) is 10.3. The summed E-state index contributed by atoms with van der Waals surface area (Å²) in [6, 6.07) is 6.79. The van der Waals surface area contributed by atoms with Crippen LogP contribution in [0.15, 0.2) is 29.2 Å². The Kier molecular flexibility index (Phi) is 6.13. The van der Waals surface area contributed by atoms with Crippen molar-refractivity contribution in [2.24, 2.45) is 0 Å². The molecule has 0 N–H and O–H groups in total. The zero-order valence-corrected chi connectivity index (χ0v) is 18.3. The van der Waals surface area contributed by atoms with Gasteiger partial charge in [0.05, 0.1) is 4.90 Å². The number of piperazine rings is 1. The molecule has 8 nitrogen and oxygen atoms in total. The van der Waals surface area contributed by atoms with Gasteiger partial charge in [-0.3, -0.25) is 14.5 Å². The monoisotopic (exact) mass is 434 g/mol. The van der Waals surface area contributed by atoms with Crippen LogP contribution >= 0.6 is 0 Å². The van der Waals surface area contributed by atoms with Crippen molar-refractivity contribution >= 4 is 21.8 Å². The van der Waals surface area contributed by atoms with Gasteiger partial charge in [-0.15, -0.1) is 0 Å². The fourth-order valence-corrected chi connectivity index (χ4v) is 6.16. The zero-order valence-electron chi connectivity index (χ0n) is 17.5. The van der Waals surface area contributed by atoms with Gasteiger partial charge in [0, 0.05) is 57.8 Å². The number of hydrogen-bond acceptors (Lipinski definition) is 5. The fourth-order valence-electron chi connectivity index (χ4n) is 4.70. The molecular weight excluding hydrogens is 404 g/mol. The van der Waals surface area contributed by atoms with E-state index in [-0.39, 0.29) is 29.8 Å². The van der Waals surface area contributed by atoms with Crippen molar-refractivity contribution in [2.75, 3.05) is 52.4 Å². The number of sulfonamides is 1. The lowest BCUT2D eigenvalue weighted by Crippen LogP contribution is -2.49. The molecule has 4 rings (SSSR count). The van der Waals surface area contributed by atoms with Crippen LogP contribution in [-0.4, -0.2) is 97.6 Å². The van der Waals surface area contributed by atoms with Gasteiger partial charge in [-0.05, 0) is 50.6 Å². The maximum Gasteiger partial charge on any atom is 0.253 e. The van der Waals surface area contributed by atoms with Crippen LogP contribution in [0.25, 0.3) is 0 Å². The Morgan fingerprint density at radius 2 is 1.63 bits per heavy atom. The molecule has 30 heavy (non-hydrogen) atoms. The Bertz CT molecular complexity index is 905. The number of carbonyl (C=O) groups excluding carboxylic acids is 2. The standard InChI is InChI=1S/C21H30N4O4S/c1-17(26)22-11-13-25(14-12-22)30(28,29)20-6-4-5-18(15-20)21(27)24-10-7-19(16-24)23-8-2-3-9-23/h4-6,15,19H,2-3,7-14,16H2,1H3. The van der Waals surface area contributed by atoms with Gasteiger partial charge in [-0.1, -0.05) is 6.07 Å². The Hall–Kier alpha value is -1.97. The van der Waals surface area contributed by atoms with Gasteiger partial charge in [0.1, 0.15) is 0 Å². The summed E-state index contributed by atoms with van der Waals surface area (Å²) in [4.78, 5) is 30.6. The summed E-state index contributed by atoms with van der Waals surface area (Å²) in [6.07, 6.45) is 3.43. The lowest BCUT2D eigenvalue weighted by molar-refractivity contribution is -0.129. The van der Waals surface area contributed by atoms with Gasteiger partial charge in [0.25, 0.3) is 5.91 Å². The third kappa shape index (κ3) is 4.24. The molecule has 0 aliphatic carbocycles. The van der Waals surface area contributed by atoms with Crippen LogP contribution in [0.5, 0.6) is 0 Å². The van der Waals surface area contributed by atoms with Crippen molar-refractivity contribution in [1.29, 1.82) is 0 Å². The van der Waals surface area contributed by atoms with Crippen LogP contribution in [0.3, 0.4) is 0 Å². The Morgan fingerprint density at radius 1 is 0.933 bits per heavy atom. The molecule has 3 aliphatic heterocycles. The van der Waals surface area contributed by atoms with Gasteiger partial charge < -0.3 is 9.80 Å². The SMILES string of the molecule is CC(=O)N1CCN(S(=O)(=O)c2cccc(C(=O)N3CCC(N4CCCC4)C3)c2)CC1. The third-order valence-electron chi connectivity index (χ3n) is 6.51. The number of carbonyl (C=O) groups is 2.